The van der Waals surface area contributed by atoms with Crippen molar-refractivity contribution in [3.63, 3.8) is 0 Å². The van der Waals surface area contributed by atoms with Crippen molar-refractivity contribution >= 4 is 29.3 Å². The first-order valence-corrected chi connectivity index (χ1v) is 11.7. The monoisotopic (exact) mass is 484 g/mol. The van der Waals surface area contributed by atoms with Crippen LogP contribution in [0.15, 0.2) is 72.8 Å². The Labute approximate surface area is 209 Å². The van der Waals surface area contributed by atoms with E-state index in [2.05, 4.69) is 5.32 Å². The molecule has 8 nitrogen and oxygen atoms in total. The van der Waals surface area contributed by atoms with Crippen LogP contribution >= 0.6 is 0 Å². The number of rotatable bonds is 8. The van der Waals surface area contributed by atoms with Crippen molar-refractivity contribution in [1.82, 2.24) is 4.90 Å². The highest BCUT2D eigenvalue weighted by atomic mass is 16.4. The fraction of sp³-hybridized carbons (Fsp3) is 0.214. The van der Waals surface area contributed by atoms with Crippen molar-refractivity contribution in [3.8, 4) is 0 Å². The molecule has 0 aromatic heterocycles. The Morgan fingerprint density at radius 2 is 1.69 bits per heavy atom. The van der Waals surface area contributed by atoms with E-state index >= 15 is 0 Å². The maximum atomic E-state index is 13.3. The molecule has 3 aromatic rings. The van der Waals surface area contributed by atoms with Crippen LogP contribution in [0.5, 0.6) is 0 Å². The van der Waals surface area contributed by atoms with Crippen molar-refractivity contribution < 1.29 is 19.5 Å². The Morgan fingerprint density at radius 1 is 1.00 bits per heavy atom. The summed E-state index contributed by atoms with van der Waals surface area (Å²) in [6.07, 6.45) is 0.770. The van der Waals surface area contributed by atoms with Gasteiger partial charge in [-0.05, 0) is 53.8 Å². The molecule has 0 bridgehead atoms. The molecule has 0 fully saturated rings. The molecule has 4 rings (SSSR count). The molecule has 0 radical (unpaired) electrons. The number of aliphatic carboxylic acids is 1. The van der Waals surface area contributed by atoms with Crippen LogP contribution in [-0.2, 0) is 29.0 Å². The SMILES string of the molecule is N=C(N)c1ccc(C(=O)Nc2ccc3c(c2)CN(CCc2ccccc2)C(=O)C(CC(=O)O)C3)cc1. The number of hydrogen-bond acceptors (Lipinski definition) is 4. The lowest BCUT2D eigenvalue weighted by Gasteiger charge is -2.24. The third-order valence-electron chi connectivity index (χ3n) is 6.34. The summed E-state index contributed by atoms with van der Waals surface area (Å²) in [6, 6.07) is 21.8. The molecule has 1 aliphatic heterocycles. The predicted molar refractivity (Wildman–Crippen MR) is 137 cm³/mol. The molecule has 5 N–H and O–H groups in total. The van der Waals surface area contributed by atoms with Crippen LogP contribution in [-0.4, -0.2) is 40.2 Å². The van der Waals surface area contributed by atoms with E-state index in [9.17, 15) is 19.5 Å². The summed E-state index contributed by atoms with van der Waals surface area (Å²) in [5.74, 6) is -2.18. The zero-order valence-corrected chi connectivity index (χ0v) is 19.7. The van der Waals surface area contributed by atoms with Gasteiger partial charge in [-0.1, -0.05) is 48.5 Å². The van der Waals surface area contributed by atoms with Gasteiger partial charge in [0.2, 0.25) is 5.91 Å². The zero-order valence-electron chi connectivity index (χ0n) is 19.7. The molecule has 0 spiro atoms. The molecule has 1 atom stereocenters. The van der Waals surface area contributed by atoms with Gasteiger partial charge >= 0.3 is 5.97 Å². The molecular weight excluding hydrogens is 456 g/mol. The minimum atomic E-state index is -1.00. The number of nitrogen functional groups attached to an aromatic ring is 1. The predicted octanol–water partition coefficient (Wildman–Crippen LogP) is 3.44. The van der Waals surface area contributed by atoms with Crippen molar-refractivity contribution in [2.24, 2.45) is 11.7 Å². The number of anilines is 1. The number of carboxylic acid groups (broad SMARTS) is 1. The quantitative estimate of drug-likeness (QED) is 0.287. The van der Waals surface area contributed by atoms with Crippen molar-refractivity contribution in [1.29, 1.82) is 5.41 Å². The van der Waals surface area contributed by atoms with Crippen LogP contribution in [0.1, 0.15) is 39.0 Å². The highest BCUT2D eigenvalue weighted by molar-refractivity contribution is 6.05. The minimum Gasteiger partial charge on any atom is -0.481 e. The highest BCUT2D eigenvalue weighted by Crippen LogP contribution is 2.28. The Balaban J connectivity index is 1.55. The standard InChI is InChI=1S/C28H28N4O4/c29-26(30)19-6-8-20(9-7-19)27(35)31-24-11-10-21-14-22(16-25(33)34)28(36)32(17-23(21)15-24)13-12-18-4-2-1-3-5-18/h1-11,15,22H,12-14,16-17H2,(H3,29,30)(H,31,35)(H,33,34). The Morgan fingerprint density at radius 3 is 2.36 bits per heavy atom. The molecule has 1 aliphatic rings. The number of benzene rings is 3. The summed E-state index contributed by atoms with van der Waals surface area (Å²) in [6.45, 7) is 0.811. The van der Waals surface area contributed by atoms with Crippen LogP contribution in [0.25, 0.3) is 0 Å². The molecule has 1 heterocycles. The first-order valence-electron chi connectivity index (χ1n) is 11.7. The summed E-state index contributed by atoms with van der Waals surface area (Å²) in [5.41, 5.74) is 9.91. The second-order valence-corrected chi connectivity index (χ2v) is 8.92. The molecule has 8 heteroatoms. The van der Waals surface area contributed by atoms with Gasteiger partial charge in [-0.2, -0.15) is 0 Å². The van der Waals surface area contributed by atoms with Crippen LogP contribution < -0.4 is 11.1 Å². The van der Waals surface area contributed by atoms with Gasteiger partial charge in [0.05, 0.1) is 12.3 Å². The molecule has 1 unspecified atom stereocenters. The average molecular weight is 485 g/mol. The van der Waals surface area contributed by atoms with E-state index in [-0.39, 0.29) is 24.1 Å². The Hall–Kier alpha value is -4.46. The lowest BCUT2D eigenvalue weighted by atomic mass is 9.94. The molecule has 2 amide bonds. The second kappa shape index (κ2) is 10.9. The van der Waals surface area contributed by atoms with E-state index in [0.29, 0.717) is 42.7 Å². The smallest absolute Gasteiger partial charge is 0.304 e. The van der Waals surface area contributed by atoms with E-state index in [0.717, 1.165) is 16.7 Å². The van der Waals surface area contributed by atoms with Gasteiger partial charge in [0.25, 0.3) is 5.91 Å². The highest BCUT2D eigenvalue weighted by Gasteiger charge is 2.31. The zero-order chi connectivity index (χ0) is 25.7. The molecular formula is C28H28N4O4. The normalized spacial score (nSPS) is 15.1. The molecule has 0 aliphatic carbocycles. The fourth-order valence-electron chi connectivity index (χ4n) is 4.42. The van der Waals surface area contributed by atoms with Gasteiger partial charge in [-0.15, -0.1) is 0 Å². The maximum absolute atomic E-state index is 13.3. The van der Waals surface area contributed by atoms with Crippen molar-refractivity contribution in [2.75, 3.05) is 11.9 Å². The molecule has 36 heavy (non-hydrogen) atoms. The number of hydrogen-bond donors (Lipinski definition) is 4. The van der Waals surface area contributed by atoms with Crippen molar-refractivity contribution in [3.05, 3.63) is 101 Å². The van der Waals surface area contributed by atoms with E-state index < -0.39 is 11.9 Å². The number of carbonyl (C=O) groups excluding carboxylic acids is 2. The second-order valence-electron chi connectivity index (χ2n) is 8.92. The lowest BCUT2D eigenvalue weighted by molar-refractivity contribution is -0.144. The summed E-state index contributed by atoms with van der Waals surface area (Å²) in [5, 5.41) is 19.7. The lowest BCUT2D eigenvalue weighted by Crippen LogP contribution is -2.37. The largest absolute Gasteiger partial charge is 0.481 e. The van der Waals surface area contributed by atoms with Gasteiger partial charge < -0.3 is 21.1 Å². The number of amidine groups is 1. The van der Waals surface area contributed by atoms with Gasteiger partial charge in [0, 0.05) is 29.9 Å². The minimum absolute atomic E-state index is 0.0692. The van der Waals surface area contributed by atoms with E-state index in [1.807, 2.05) is 42.5 Å². The Kier molecular flexibility index (Phi) is 7.44. The summed E-state index contributed by atoms with van der Waals surface area (Å²) in [4.78, 5) is 39.2. The first-order chi connectivity index (χ1) is 17.3. The summed E-state index contributed by atoms with van der Waals surface area (Å²) < 4.78 is 0. The van der Waals surface area contributed by atoms with Gasteiger partial charge in [-0.25, -0.2) is 0 Å². The third-order valence-corrected chi connectivity index (χ3v) is 6.34. The van der Waals surface area contributed by atoms with Gasteiger partial charge in [0.1, 0.15) is 5.84 Å². The number of amides is 2. The number of carbonyl (C=O) groups is 3. The molecule has 0 saturated heterocycles. The fourth-order valence-corrected chi connectivity index (χ4v) is 4.42. The number of nitrogens with zero attached hydrogens (tertiary/aromatic N) is 1. The average Bonchev–Trinajstić information content (AvgIpc) is 2.99. The van der Waals surface area contributed by atoms with Crippen LogP contribution in [0.3, 0.4) is 0 Å². The maximum Gasteiger partial charge on any atom is 0.304 e. The van der Waals surface area contributed by atoms with Crippen LogP contribution in [0, 0.1) is 11.3 Å². The van der Waals surface area contributed by atoms with E-state index in [1.54, 1.807) is 35.2 Å². The number of nitrogens with two attached hydrogens (primary N) is 1. The third kappa shape index (κ3) is 5.96. The van der Waals surface area contributed by atoms with Crippen molar-refractivity contribution in [2.45, 2.75) is 25.8 Å². The van der Waals surface area contributed by atoms with Crippen LogP contribution in [0.4, 0.5) is 5.69 Å². The molecule has 3 aromatic carbocycles. The van der Waals surface area contributed by atoms with E-state index in [1.165, 1.54) is 0 Å². The first kappa shape index (κ1) is 24.7. The summed E-state index contributed by atoms with van der Waals surface area (Å²) in [7, 11) is 0. The van der Waals surface area contributed by atoms with Gasteiger partial charge in [-0.3, -0.25) is 19.8 Å². The van der Waals surface area contributed by atoms with Gasteiger partial charge in [0.15, 0.2) is 0 Å². The topological polar surface area (TPSA) is 137 Å². The number of carboxylic acids is 1. The molecule has 0 saturated carbocycles. The van der Waals surface area contributed by atoms with Crippen LogP contribution in [0.2, 0.25) is 0 Å². The molecule has 184 valence electrons. The van der Waals surface area contributed by atoms with E-state index in [4.69, 9.17) is 11.1 Å². The number of nitrogens with one attached hydrogen (secondary N) is 2. The Bertz CT molecular complexity index is 1290. The summed E-state index contributed by atoms with van der Waals surface area (Å²) >= 11 is 0. The number of fused-ring (bicyclic) bond motifs is 1.